The molecule has 24 heavy (non-hydrogen) atoms. The summed E-state index contributed by atoms with van der Waals surface area (Å²) in [5.74, 6) is 0. The molecule has 0 aromatic carbocycles. The molecule has 0 aliphatic heterocycles. The monoisotopic (exact) mass is 335 g/mol. The third-order valence-corrected chi connectivity index (χ3v) is 4.98. The third-order valence-electron chi connectivity index (χ3n) is 4.98. The summed E-state index contributed by atoms with van der Waals surface area (Å²) in [4.78, 5) is 11.6. The Hall–Kier alpha value is -1.09. The Kier molecular flexibility index (Phi) is 11.5. The maximum atomic E-state index is 11.6. The highest BCUT2D eigenvalue weighted by Gasteiger charge is 2.05. The molecule has 138 valence electrons. The molecule has 0 spiro atoms. The van der Waals surface area contributed by atoms with Crippen LogP contribution in [0.2, 0.25) is 0 Å². The molecular weight excluding hydrogens is 298 g/mol. The molecule has 0 unspecified atom stereocenters. The van der Waals surface area contributed by atoms with Crippen molar-refractivity contribution in [3.05, 3.63) is 33.7 Å². The van der Waals surface area contributed by atoms with Crippen LogP contribution in [0.1, 0.15) is 95.2 Å². The zero-order valence-electron chi connectivity index (χ0n) is 15.9. The summed E-state index contributed by atoms with van der Waals surface area (Å²) in [7, 11) is 0. The molecule has 0 fully saturated rings. The second-order valence-corrected chi connectivity index (χ2v) is 6.98. The van der Waals surface area contributed by atoms with Crippen LogP contribution in [0, 0.1) is 6.92 Å². The van der Waals surface area contributed by atoms with E-state index in [0.717, 1.165) is 18.7 Å². The molecule has 0 bridgehead atoms. The summed E-state index contributed by atoms with van der Waals surface area (Å²) in [5, 5.41) is 9.28. The van der Waals surface area contributed by atoms with E-state index in [2.05, 4.69) is 11.5 Å². The summed E-state index contributed by atoms with van der Waals surface area (Å²) in [6.45, 7) is 4.97. The first-order chi connectivity index (χ1) is 11.7. The van der Waals surface area contributed by atoms with Crippen LogP contribution in [0.4, 0.5) is 0 Å². The fourth-order valence-electron chi connectivity index (χ4n) is 3.28. The van der Waals surface area contributed by atoms with Crippen molar-refractivity contribution in [3.8, 4) is 0 Å². The van der Waals surface area contributed by atoms with Gasteiger partial charge in [-0.05, 0) is 13.3 Å². The minimum atomic E-state index is -0.163. The first kappa shape index (κ1) is 21.0. The van der Waals surface area contributed by atoms with Crippen LogP contribution in [0.15, 0.2) is 17.1 Å². The van der Waals surface area contributed by atoms with Crippen LogP contribution in [-0.4, -0.2) is 9.67 Å². The molecule has 0 aliphatic carbocycles. The van der Waals surface area contributed by atoms with Gasteiger partial charge in [-0.25, -0.2) is 0 Å². The lowest BCUT2D eigenvalue weighted by molar-refractivity contribution is 0.278. The minimum absolute atomic E-state index is 0.0547. The number of rotatable bonds is 14. The van der Waals surface area contributed by atoms with Gasteiger partial charge in [0.05, 0.1) is 6.61 Å². The SMILES string of the molecule is CCCCCCCCCCCCCCn1ccc(=O)c(CO)c1C. The molecule has 1 rings (SSSR count). The van der Waals surface area contributed by atoms with Crippen LogP contribution in [0.5, 0.6) is 0 Å². The first-order valence-electron chi connectivity index (χ1n) is 10.0. The molecule has 1 heterocycles. The highest BCUT2D eigenvalue weighted by Crippen LogP contribution is 2.12. The lowest BCUT2D eigenvalue weighted by Crippen LogP contribution is -2.16. The van der Waals surface area contributed by atoms with Gasteiger partial charge >= 0.3 is 0 Å². The van der Waals surface area contributed by atoms with Crippen molar-refractivity contribution in [3.63, 3.8) is 0 Å². The predicted molar refractivity (Wildman–Crippen MR) is 102 cm³/mol. The first-order valence-corrected chi connectivity index (χ1v) is 10.0. The summed E-state index contributed by atoms with van der Waals surface area (Å²) in [6.07, 6.45) is 18.1. The average Bonchev–Trinajstić information content (AvgIpc) is 2.58. The number of nitrogens with zero attached hydrogens (tertiary/aromatic N) is 1. The second kappa shape index (κ2) is 13.2. The summed E-state index contributed by atoms with van der Waals surface area (Å²) < 4.78 is 2.10. The van der Waals surface area contributed by atoms with Crippen LogP contribution in [0.3, 0.4) is 0 Å². The van der Waals surface area contributed by atoms with Gasteiger partial charge in [0.2, 0.25) is 0 Å². The molecule has 1 aromatic heterocycles. The van der Waals surface area contributed by atoms with Crippen molar-refractivity contribution in [2.45, 2.75) is 104 Å². The predicted octanol–water partition coefficient (Wildman–Crippen LogP) is 5.35. The zero-order valence-corrected chi connectivity index (χ0v) is 15.9. The Bertz CT molecular complexity index is 493. The molecule has 3 heteroatoms. The molecule has 0 saturated carbocycles. The molecule has 1 N–H and O–H groups in total. The maximum Gasteiger partial charge on any atom is 0.187 e. The molecule has 3 nitrogen and oxygen atoms in total. The normalized spacial score (nSPS) is 11.1. The van der Waals surface area contributed by atoms with Crippen molar-refractivity contribution in [2.75, 3.05) is 0 Å². The number of aliphatic hydroxyl groups excluding tert-OH is 1. The highest BCUT2D eigenvalue weighted by molar-refractivity contribution is 5.19. The van der Waals surface area contributed by atoms with E-state index < -0.39 is 0 Å². The zero-order chi connectivity index (χ0) is 17.6. The standard InChI is InChI=1S/C21H37NO2/c1-3-4-5-6-7-8-9-10-11-12-13-14-16-22-17-15-21(24)20(18-23)19(22)2/h15,17,23H,3-14,16,18H2,1-2H3. The lowest BCUT2D eigenvalue weighted by atomic mass is 10.1. The fraction of sp³-hybridized carbons (Fsp3) is 0.762. The van der Waals surface area contributed by atoms with E-state index in [9.17, 15) is 9.90 Å². The van der Waals surface area contributed by atoms with Gasteiger partial charge in [0, 0.05) is 30.1 Å². The number of pyridine rings is 1. The van der Waals surface area contributed by atoms with Gasteiger partial charge in [-0.1, -0.05) is 77.6 Å². The summed E-state index contributed by atoms with van der Waals surface area (Å²) in [6, 6.07) is 1.57. The highest BCUT2D eigenvalue weighted by atomic mass is 16.3. The number of hydrogen-bond acceptors (Lipinski definition) is 2. The van der Waals surface area contributed by atoms with Crippen molar-refractivity contribution >= 4 is 0 Å². The topological polar surface area (TPSA) is 42.2 Å². The molecule has 0 radical (unpaired) electrons. The van der Waals surface area contributed by atoms with Gasteiger partial charge in [0.25, 0.3) is 0 Å². The van der Waals surface area contributed by atoms with Crippen molar-refractivity contribution < 1.29 is 5.11 Å². The van der Waals surface area contributed by atoms with E-state index in [1.54, 1.807) is 6.07 Å². The molecule has 0 aliphatic rings. The maximum absolute atomic E-state index is 11.6. The molecular formula is C21H37NO2. The van der Waals surface area contributed by atoms with Gasteiger partial charge in [-0.15, -0.1) is 0 Å². The lowest BCUT2D eigenvalue weighted by Gasteiger charge is -2.13. The van der Waals surface area contributed by atoms with E-state index in [0.29, 0.717) is 5.56 Å². The molecule has 1 aromatic rings. The summed E-state index contributed by atoms with van der Waals surface area (Å²) in [5.41, 5.74) is 1.39. The van der Waals surface area contributed by atoms with Gasteiger partial charge in [-0.3, -0.25) is 4.79 Å². The molecule has 0 atom stereocenters. The van der Waals surface area contributed by atoms with E-state index in [1.807, 2.05) is 13.1 Å². The van der Waals surface area contributed by atoms with Crippen LogP contribution >= 0.6 is 0 Å². The van der Waals surface area contributed by atoms with E-state index in [1.165, 1.54) is 70.6 Å². The van der Waals surface area contributed by atoms with E-state index in [-0.39, 0.29) is 12.0 Å². The smallest absolute Gasteiger partial charge is 0.187 e. The molecule has 0 saturated heterocycles. The number of aliphatic hydroxyl groups is 1. The Morgan fingerprint density at radius 1 is 0.875 bits per heavy atom. The van der Waals surface area contributed by atoms with Crippen molar-refractivity contribution in [1.82, 2.24) is 4.57 Å². The number of aromatic nitrogens is 1. The van der Waals surface area contributed by atoms with Crippen LogP contribution in [-0.2, 0) is 13.2 Å². The summed E-state index contributed by atoms with van der Waals surface area (Å²) >= 11 is 0. The average molecular weight is 336 g/mol. The van der Waals surface area contributed by atoms with Gasteiger partial charge < -0.3 is 9.67 Å². The van der Waals surface area contributed by atoms with Crippen LogP contribution < -0.4 is 5.43 Å². The number of unbranched alkanes of at least 4 members (excludes halogenated alkanes) is 11. The Morgan fingerprint density at radius 2 is 1.38 bits per heavy atom. The number of aryl methyl sites for hydroxylation is 1. The number of hydrogen-bond donors (Lipinski definition) is 1. The second-order valence-electron chi connectivity index (χ2n) is 6.98. The Balaban J connectivity index is 2.04. The van der Waals surface area contributed by atoms with E-state index in [4.69, 9.17) is 0 Å². The van der Waals surface area contributed by atoms with Gasteiger partial charge in [0.1, 0.15) is 0 Å². The largest absolute Gasteiger partial charge is 0.391 e. The molecule has 0 amide bonds. The minimum Gasteiger partial charge on any atom is -0.391 e. The van der Waals surface area contributed by atoms with Crippen molar-refractivity contribution in [1.29, 1.82) is 0 Å². The third kappa shape index (κ3) is 8.14. The Morgan fingerprint density at radius 3 is 1.88 bits per heavy atom. The Labute approximate surface area is 148 Å². The van der Waals surface area contributed by atoms with Crippen LogP contribution in [0.25, 0.3) is 0 Å². The van der Waals surface area contributed by atoms with Gasteiger partial charge in [0.15, 0.2) is 5.43 Å². The fourth-order valence-corrected chi connectivity index (χ4v) is 3.28. The van der Waals surface area contributed by atoms with E-state index >= 15 is 0 Å². The van der Waals surface area contributed by atoms with Gasteiger partial charge in [-0.2, -0.15) is 0 Å². The van der Waals surface area contributed by atoms with Crippen molar-refractivity contribution in [2.24, 2.45) is 0 Å². The quantitative estimate of drug-likeness (QED) is 0.466.